The van der Waals surface area contributed by atoms with E-state index in [9.17, 15) is 0 Å². The zero-order valence-corrected chi connectivity index (χ0v) is 10.8. The lowest BCUT2D eigenvalue weighted by atomic mass is 10.3. The molecule has 0 aromatic carbocycles. The molecule has 6 nitrogen and oxygen atoms in total. The Balaban J connectivity index is 1.84. The molecule has 8 heteroatoms. The van der Waals surface area contributed by atoms with E-state index in [0.717, 1.165) is 16.4 Å². The maximum Gasteiger partial charge on any atom is 0.233 e. The van der Waals surface area contributed by atoms with Gasteiger partial charge >= 0.3 is 0 Å². The maximum atomic E-state index is 4.95. The summed E-state index contributed by atoms with van der Waals surface area (Å²) in [7, 11) is 0. The summed E-state index contributed by atoms with van der Waals surface area (Å²) in [5.74, 6) is 0.758. The summed E-state index contributed by atoms with van der Waals surface area (Å²) >= 11 is 6.36. The number of hydrogen-bond acceptors (Lipinski definition) is 6. The minimum Gasteiger partial charge on any atom is -0.355 e. The van der Waals surface area contributed by atoms with E-state index >= 15 is 0 Å². The van der Waals surface area contributed by atoms with Crippen molar-refractivity contribution in [3.63, 3.8) is 0 Å². The van der Waals surface area contributed by atoms with Crippen LogP contribution in [0.4, 0.5) is 5.13 Å². The predicted octanol–water partition coefficient (Wildman–Crippen LogP) is 1.11. The van der Waals surface area contributed by atoms with Crippen LogP contribution in [0.2, 0.25) is 0 Å². The highest BCUT2D eigenvalue weighted by Gasteiger charge is 2.12. The Morgan fingerprint density at radius 2 is 2.33 bits per heavy atom. The van der Waals surface area contributed by atoms with Gasteiger partial charge in [-0.1, -0.05) is 11.3 Å². The lowest BCUT2D eigenvalue weighted by Gasteiger charge is -1.91. The van der Waals surface area contributed by atoms with Crippen molar-refractivity contribution in [3.05, 3.63) is 24.5 Å². The van der Waals surface area contributed by atoms with E-state index in [2.05, 4.69) is 30.8 Å². The zero-order chi connectivity index (χ0) is 12.4. The molecule has 18 heavy (non-hydrogen) atoms. The van der Waals surface area contributed by atoms with E-state index in [-0.39, 0.29) is 0 Å². The molecule has 0 aliphatic carbocycles. The monoisotopic (exact) mass is 276 g/mol. The molecule has 1 fully saturated rings. The Hall–Kier alpha value is -1.93. The molecular formula is C10H8N6S2. The third-order valence-corrected chi connectivity index (χ3v) is 3.34. The van der Waals surface area contributed by atoms with Crippen LogP contribution in [-0.4, -0.2) is 32.7 Å². The van der Waals surface area contributed by atoms with Crippen molar-refractivity contribution < 1.29 is 0 Å². The second-order valence-corrected chi connectivity index (χ2v) is 4.86. The number of rotatable bonds is 2. The number of hydrogen-bond donors (Lipinski definition) is 2. The first-order chi connectivity index (χ1) is 8.81. The van der Waals surface area contributed by atoms with Crippen molar-refractivity contribution >= 4 is 39.6 Å². The highest BCUT2D eigenvalue weighted by molar-refractivity contribution is 7.80. The quantitative estimate of drug-likeness (QED) is 0.800. The van der Waals surface area contributed by atoms with Crippen LogP contribution in [0.5, 0.6) is 0 Å². The van der Waals surface area contributed by atoms with Gasteiger partial charge in [0.05, 0.1) is 6.54 Å². The van der Waals surface area contributed by atoms with Crippen LogP contribution in [0.1, 0.15) is 0 Å². The van der Waals surface area contributed by atoms with Gasteiger partial charge in [0, 0.05) is 18.0 Å². The summed E-state index contributed by atoms with van der Waals surface area (Å²) < 4.78 is 0. The van der Waals surface area contributed by atoms with Gasteiger partial charge in [-0.25, -0.2) is 4.99 Å². The fourth-order valence-corrected chi connectivity index (χ4v) is 2.35. The highest BCUT2D eigenvalue weighted by Crippen LogP contribution is 2.27. The van der Waals surface area contributed by atoms with Gasteiger partial charge < -0.3 is 10.6 Å². The van der Waals surface area contributed by atoms with Crippen LogP contribution in [0.25, 0.3) is 10.6 Å². The van der Waals surface area contributed by atoms with Crippen molar-refractivity contribution in [3.8, 4) is 10.6 Å². The van der Waals surface area contributed by atoms with Crippen LogP contribution < -0.4 is 10.6 Å². The third-order valence-electron chi connectivity index (χ3n) is 2.23. The first kappa shape index (κ1) is 11.2. The van der Waals surface area contributed by atoms with E-state index in [0.29, 0.717) is 16.8 Å². The largest absolute Gasteiger partial charge is 0.355 e. The van der Waals surface area contributed by atoms with Gasteiger partial charge in [0.25, 0.3) is 0 Å². The minimum absolute atomic E-state index is 0.589. The molecule has 0 spiro atoms. The number of pyridine rings is 1. The molecule has 2 aromatic rings. The lowest BCUT2D eigenvalue weighted by Crippen LogP contribution is -2.22. The molecule has 1 aliphatic rings. The summed E-state index contributed by atoms with van der Waals surface area (Å²) in [5, 5.41) is 16.0. The molecule has 1 saturated heterocycles. The van der Waals surface area contributed by atoms with E-state index in [1.165, 1.54) is 11.3 Å². The van der Waals surface area contributed by atoms with Crippen molar-refractivity contribution in [1.82, 2.24) is 25.8 Å². The fraction of sp³-hybridized carbons (Fsp3) is 0.100. The molecule has 0 bridgehead atoms. The smallest absolute Gasteiger partial charge is 0.233 e. The molecular weight excluding hydrogens is 268 g/mol. The highest BCUT2D eigenvalue weighted by atomic mass is 32.1. The van der Waals surface area contributed by atoms with E-state index in [1.54, 1.807) is 12.4 Å². The number of aromatic nitrogens is 3. The van der Waals surface area contributed by atoms with E-state index < -0.39 is 0 Å². The summed E-state index contributed by atoms with van der Waals surface area (Å²) in [4.78, 5) is 8.38. The van der Waals surface area contributed by atoms with Crippen LogP contribution in [-0.2, 0) is 0 Å². The van der Waals surface area contributed by atoms with Gasteiger partial charge in [-0.2, -0.15) is 0 Å². The Morgan fingerprint density at radius 1 is 1.39 bits per heavy atom. The topological polar surface area (TPSA) is 75.1 Å². The number of thiocarbonyl (C=S) groups is 1. The minimum atomic E-state index is 0.589. The summed E-state index contributed by atoms with van der Waals surface area (Å²) in [5.41, 5.74) is 0.939. The van der Waals surface area contributed by atoms with Gasteiger partial charge in [-0.15, -0.1) is 10.2 Å². The first-order valence-electron chi connectivity index (χ1n) is 5.17. The van der Waals surface area contributed by atoms with E-state index in [1.807, 2.05) is 12.1 Å². The second-order valence-electron chi connectivity index (χ2n) is 3.50. The van der Waals surface area contributed by atoms with Crippen LogP contribution in [0, 0.1) is 0 Å². The number of aliphatic imine (C=N–C) groups is 1. The Bertz CT molecular complexity index is 606. The summed E-state index contributed by atoms with van der Waals surface area (Å²) in [6, 6.07) is 3.80. The molecule has 0 atom stereocenters. The first-order valence-corrected chi connectivity index (χ1v) is 6.40. The van der Waals surface area contributed by atoms with Crippen LogP contribution in [0.15, 0.2) is 29.5 Å². The molecule has 0 radical (unpaired) electrons. The number of amidine groups is 1. The molecule has 1 aliphatic heterocycles. The standard InChI is InChI=1S/C10H8N6S2/c17-9-12-5-7(13-9)14-10-16-15-8(18-10)6-2-1-3-11-4-6/h1-4H,5H2,(H2,12,13,14,16,17). The average Bonchev–Trinajstić information content (AvgIpc) is 3.01. The Labute approximate surface area is 112 Å². The van der Waals surface area contributed by atoms with Gasteiger partial charge in [0.1, 0.15) is 5.84 Å². The normalized spacial score (nSPS) is 16.7. The van der Waals surface area contributed by atoms with Gasteiger partial charge in [-0.3, -0.25) is 4.98 Å². The SMILES string of the molecule is S=C1NC/C(=N/c2nnc(-c3cccnc3)s2)N1. The number of nitrogens with zero attached hydrogens (tertiary/aromatic N) is 4. The van der Waals surface area contributed by atoms with Gasteiger partial charge in [-0.05, 0) is 24.4 Å². The zero-order valence-electron chi connectivity index (χ0n) is 9.12. The Morgan fingerprint density at radius 3 is 3.06 bits per heavy atom. The molecule has 2 aromatic heterocycles. The lowest BCUT2D eigenvalue weighted by molar-refractivity contribution is 1.08. The molecule has 2 N–H and O–H groups in total. The van der Waals surface area contributed by atoms with Gasteiger partial charge in [0.15, 0.2) is 10.1 Å². The molecule has 0 saturated carbocycles. The van der Waals surface area contributed by atoms with Crippen LogP contribution in [0.3, 0.4) is 0 Å². The maximum absolute atomic E-state index is 4.95. The van der Waals surface area contributed by atoms with E-state index in [4.69, 9.17) is 12.2 Å². The summed E-state index contributed by atoms with van der Waals surface area (Å²) in [6.07, 6.45) is 3.47. The van der Waals surface area contributed by atoms with Gasteiger partial charge in [0.2, 0.25) is 5.13 Å². The predicted molar refractivity (Wildman–Crippen MR) is 74.0 cm³/mol. The number of nitrogens with one attached hydrogen (secondary N) is 2. The molecule has 90 valence electrons. The molecule has 3 rings (SSSR count). The Kier molecular flexibility index (Phi) is 2.95. The second kappa shape index (κ2) is 4.75. The van der Waals surface area contributed by atoms with Crippen molar-refractivity contribution in [1.29, 1.82) is 0 Å². The molecule has 0 unspecified atom stereocenters. The summed E-state index contributed by atoms with van der Waals surface area (Å²) in [6.45, 7) is 0.598. The van der Waals surface area contributed by atoms with Crippen molar-refractivity contribution in [2.75, 3.05) is 6.54 Å². The molecule has 0 amide bonds. The average molecular weight is 276 g/mol. The third kappa shape index (κ3) is 2.34. The molecule has 3 heterocycles. The van der Waals surface area contributed by atoms with Crippen molar-refractivity contribution in [2.45, 2.75) is 0 Å². The van der Waals surface area contributed by atoms with Crippen LogP contribution >= 0.6 is 23.6 Å². The fourth-order valence-electron chi connectivity index (χ4n) is 1.43. The van der Waals surface area contributed by atoms with Crippen molar-refractivity contribution in [2.24, 2.45) is 4.99 Å².